The fraction of sp³-hybridized carbons (Fsp3) is 0.375. The highest BCUT2D eigenvalue weighted by atomic mass is 32.1. The highest BCUT2D eigenvalue weighted by molar-refractivity contribution is 7.80. The van der Waals surface area contributed by atoms with Gasteiger partial charge in [0.15, 0.2) is 0 Å². The molecule has 21 heavy (non-hydrogen) atoms. The third-order valence-corrected chi connectivity index (χ3v) is 3.70. The third-order valence-electron chi connectivity index (χ3n) is 3.49. The standard InChI is InChI=1S/C16H21N3OS/c1-2-8-19(9-7-15(17)21)16(20)10-12-11-18-14-6-4-3-5-13(12)14/h3-6,11,18H,2,7-10H2,1H3,(H2,17,21). The molecule has 0 saturated heterocycles. The average molecular weight is 303 g/mol. The quantitative estimate of drug-likeness (QED) is 0.773. The molecule has 0 aliphatic heterocycles. The lowest BCUT2D eigenvalue weighted by Gasteiger charge is -2.21. The summed E-state index contributed by atoms with van der Waals surface area (Å²) in [5, 5.41) is 1.11. The number of H-pyrrole nitrogens is 1. The van der Waals surface area contributed by atoms with Gasteiger partial charge in [0, 0.05) is 36.6 Å². The molecule has 0 saturated carbocycles. The van der Waals surface area contributed by atoms with Gasteiger partial charge < -0.3 is 15.6 Å². The minimum atomic E-state index is 0.123. The van der Waals surface area contributed by atoms with Crippen LogP contribution in [-0.2, 0) is 11.2 Å². The number of fused-ring (bicyclic) bond motifs is 1. The second-order valence-electron chi connectivity index (χ2n) is 5.13. The second-order valence-corrected chi connectivity index (χ2v) is 5.66. The van der Waals surface area contributed by atoms with E-state index in [0.29, 0.717) is 24.4 Å². The molecule has 0 radical (unpaired) electrons. The first-order valence-corrected chi connectivity index (χ1v) is 7.63. The largest absolute Gasteiger partial charge is 0.393 e. The molecule has 3 N–H and O–H groups in total. The summed E-state index contributed by atoms with van der Waals surface area (Å²) in [5.74, 6) is 0.123. The van der Waals surface area contributed by atoms with Crippen LogP contribution in [0.2, 0.25) is 0 Å². The van der Waals surface area contributed by atoms with E-state index >= 15 is 0 Å². The fourth-order valence-electron chi connectivity index (χ4n) is 2.43. The van der Waals surface area contributed by atoms with Crippen molar-refractivity contribution in [2.75, 3.05) is 13.1 Å². The summed E-state index contributed by atoms with van der Waals surface area (Å²) in [4.78, 5) is 18.0. The number of benzene rings is 1. The lowest BCUT2D eigenvalue weighted by atomic mass is 10.1. The summed E-state index contributed by atoms with van der Waals surface area (Å²) in [6.45, 7) is 3.40. The van der Waals surface area contributed by atoms with Crippen molar-refractivity contribution in [3.63, 3.8) is 0 Å². The Morgan fingerprint density at radius 2 is 2.10 bits per heavy atom. The van der Waals surface area contributed by atoms with E-state index in [2.05, 4.69) is 11.9 Å². The number of hydrogen-bond acceptors (Lipinski definition) is 2. The lowest BCUT2D eigenvalue weighted by molar-refractivity contribution is -0.130. The number of rotatable bonds is 7. The molecule has 2 aromatic rings. The number of nitrogens with two attached hydrogens (primary N) is 1. The van der Waals surface area contributed by atoms with Gasteiger partial charge in [-0.15, -0.1) is 0 Å². The van der Waals surface area contributed by atoms with E-state index < -0.39 is 0 Å². The van der Waals surface area contributed by atoms with Crippen molar-refractivity contribution in [3.8, 4) is 0 Å². The van der Waals surface area contributed by atoms with Gasteiger partial charge in [-0.25, -0.2) is 0 Å². The predicted octanol–water partition coefficient (Wildman–Crippen LogP) is 2.63. The Morgan fingerprint density at radius 3 is 2.81 bits per heavy atom. The maximum Gasteiger partial charge on any atom is 0.227 e. The summed E-state index contributed by atoms with van der Waals surface area (Å²) in [6.07, 6.45) is 3.83. The molecule has 1 heterocycles. The zero-order valence-electron chi connectivity index (χ0n) is 12.3. The number of aromatic nitrogens is 1. The molecule has 1 amide bonds. The number of amides is 1. The van der Waals surface area contributed by atoms with Crippen LogP contribution in [0.4, 0.5) is 0 Å². The van der Waals surface area contributed by atoms with Crippen molar-refractivity contribution in [2.45, 2.75) is 26.2 Å². The summed E-state index contributed by atoms with van der Waals surface area (Å²) >= 11 is 4.90. The first-order valence-electron chi connectivity index (χ1n) is 7.23. The molecular weight excluding hydrogens is 282 g/mol. The number of aromatic amines is 1. The van der Waals surface area contributed by atoms with Crippen LogP contribution in [0, 0.1) is 0 Å². The molecule has 1 aromatic carbocycles. The van der Waals surface area contributed by atoms with Gasteiger partial charge in [-0.3, -0.25) is 4.79 Å². The van der Waals surface area contributed by atoms with Crippen LogP contribution in [0.3, 0.4) is 0 Å². The van der Waals surface area contributed by atoms with Crippen LogP contribution < -0.4 is 5.73 Å². The zero-order valence-corrected chi connectivity index (χ0v) is 13.1. The maximum absolute atomic E-state index is 12.5. The van der Waals surface area contributed by atoms with E-state index in [1.54, 1.807) is 0 Å². The number of nitrogens with zero attached hydrogens (tertiary/aromatic N) is 1. The second kappa shape index (κ2) is 7.22. The number of carbonyl (C=O) groups excluding carboxylic acids is 1. The minimum absolute atomic E-state index is 0.123. The smallest absolute Gasteiger partial charge is 0.227 e. The van der Waals surface area contributed by atoms with Gasteiger partial charge in [0.1, 0.15) is 0 Å². The molecule has 0 atom stereocenters. The summed E-state index contributed by atoms with van der Waals surface area (Å²) in [7, 11) is 0. The van der Waals surface area contributed by atoms with E-state index in [1.165, 1.54) is 0 Å². The zero-order chi connectivity index (χ0) is 15.2. The highest BCUT2D eigenvalue weighted by Gasteiger charge is 2.15. The molecule has 0 unspecified atom stereocenters. The van der Waals surface area contributed by atoms with Crippen LogP contribution in [0.1, 0.15) is 25.3 Å². The summed E-state index contributed by atoms with van der Waals surface area (Å²) in [5.41, 5.74) is 7.63. The molecule has 0 fully saturated rings. The molecule has 0 bridgehead atoms. The van der Waals surface area contributed by atoms with Crippen LogP contribution in [0.15, 0.2) is 30.5 Å². The predicted molar refractivity (Wildman–Crippen MR) is 90.3 cm³/mol. The summed E-state index contributed by atoms with van der Waals surface area (Å²) < 4.78 is 0. The van der Waals surface area contributed by atoms with Gasteiger partial charge in [0.2, 0.25) is 5.91 Å². The Morgan fingerprint density at radius 1 is 1.33 bits per heavy atom. The van der Waals surface area contributed by atoms with E-state index in [1.807, 2.05) is 35.4 Å². The van der Waals surface area contributed by atoms with Crippen molar-refractivity contribution < 1.29 is 4.79 Å². The van der Waals surface area contributed by atoms with Crippen LogP contribution in [-0.4, -0.2) is 33.9 Å². The van der Waals surface area contributed by atoms with Crippen LogP contribution in [0.25, 0.3) is 10.9 Å². The van der Waals surface area contributed by atoms with Crippen molar-refractivity contribution in [1.82, 2.24) is 9.88 Å². The van der Waals surface area contributed by atoms with Gasteiger partial charge in [-0.2, -0.15) is 0 Å². The normalized spacial score (nSPS) is 10.7. The molecule has 0 spiro atoms. The van der Waals surface area contributed by atoms with E-state index in [0.717, 1.165) is 29.4 Å². The number of thiocarbonyl (C=S) groups is 1. The molecule has 0 aliphatic carbocycles. The summed E-state index contributed by atoms with van der Waals surface area (Å²) in [6, 6.07) is 8.02. The Kier molecular flexibility index (Phi) is 5.33. The number of para-hydroxylation sites is 1. The molecule has 2 rings (SSSR count). The van der Waals surface area contributed by atoms with Gasteiger partial charge in [-0.05, 0) is 18.1 Å². The Balaban J connectivity index is 2.08. The maximum atomic E-state index is 12.5. The monoisotopic (exact) mass is 303 g/mol. The van der Waals surface area contributed by atoms with Gasteiger partial charge in [-0.1, -0.05) is 37.3 Å². The van der Waals surface area contributed by atoms with Crippen LogP contribution >= 0.6 is 12.2 Å². The van der Waals surface area contributed by atoms with E-state index in [-0.39, 0.29) is 5.91 Å². The lowest BCUT2D eigenvalue weighted by Crippen LogP contribution is -2.35. The molecule has 112 valence electrons. The van der Waals surface area contributed by atoms with Gasteiger partial charge in [0.05, 0.1) is 11.4 Å². The van der Waals surface area contributed by atoms with E-state index in [4.69, 9.17) is 18.0 Å². The number of carbonyl (C=O) groups is 1. The first kappa shape index (κ1) is 15.5. The van der Waals surface area contributed by atoms with E-state index in [9.17, 15) is 4.79 Å². The average Bonchev–Trinajstić information content (AvgIpc) is 2.86. The Hall–Kier alpha value is -1.88. The number of nitrogens with one attached hydrogen (secondary N) is 1. The molecule has 5 heteroatoms. The van der Waals surface area contributed by atoms with Gasteiger partial charge >= 0.3 is 0 Å². The minimum Gasteiger partial charge on any atom is -0.393 e. The molecule has 1 aromatic heterocycles. The molecular formula is C16H21N3OS. The third kappa shape index (κ3) is 4.04. The fourth-order valence-corrected chi connectivity index (χ4v) is 2.52. The Labute approximate surface area is 130 Å². The topological polar surface area (TPSA) is 62.1 Å². The Bertz CT molecular complexity index is 635. The van der Waals surface area contributed by atoms with Gasteiger partial charge in [0.25, 0.3) is 0 Å². The van der Waals surface area contributed by atoms with Crippen molar-refractivity contribution in [2.24, 2.45) is 5.73 Å². The van der Waals surface area contributed by atoms with Crippen molar-refractivity contribution in [3.05, 3.63) is 36.0 Å². The molecule has 0 aliphatic rings. The van der Waals surface area contributed by atoms with Crippen molar-refractivity contribution >= 4 is 34.0 Å². The molecule has 4 nitrogen and oxygen atoms in total. The van der Waals surface area contributed by atoms with Crippen LogP contribution in [0.5, 0.6) is 0 Å². The highest BCUT2D eigenvalue weighted by Crippen LogP contribution is 2.18. The number of hydrogen-bond donors (Lipinski definition) is 2. The first-order chi connectivity index (χ1) is 10.1. The van der Waals surface area contributed by atoms with Crippen molar-refractivity contribution in [1.29, 1.82) is 0 Å². The SMILES string of the molecule is CCCN(CCC(N)=S)C(=O)Cc1c[nH]c2ccccc12.